The summed E-state index contributed by atoms with van der Waals surface area (Å²) in [6.45, 7) is 0. The summed E-state index contributed by atoms with van der Waals surface area (Å²) in [5.41, 5.74) is 3.50. The Balaban J connectivity index is 1.43. The highest BCUT2D eigenvalue weighted by Crippen LogP contribution is 2.37. The lowest BCUT2D eigenvalue weighted by Crippen LogP contribution is -2.48. The summed E-state index contributed by atoms with van der Waals surface area (Å²) in [7, 11) is 1.79. The average molecular weight is 335 g/mol. The highest BCUT2D eigenvalue weighted by molar-refractivity contribution is 5.80. The predicted molar refractivity (Wildman–Crippen MR) is 99.3 cm³/mol. The van der Waals surface area contributed by atoms with Crippen LogP contribution in [0.2, 0.25) is 0 Å². The molecular weight excluding hydrogens is 310 g/mol. The maximum absolute atomic E-state index is 12.9. The minimum atomic E-state index is 0.273. The molecule has 0 radical (unpaired) electrons. The molecule has 0 aliphatic carbocycles. The van der Waals surface area contributed by atoms with Gasteiger partial charge in [0.15, 0.2) is 0 Å². The van der Waals surface area contributed by atoms with Crippen LogP contribution in [0.1, 0.15) is 31.2 Å². The fourth-order valence-electron chi connectivity index (χ4n) is 4.44. The molecule has 2 aromatic carbocycles. The van der Waals surface area contributed by atoms with Gasteiger partial charge in [-0.2, -0.15) is 0 Å². The smallest absolute Gasteiger partial charge is 0.227 e. The summed E-state index contributed by atoms with van der Waals surface area (Å²) in [5, 5.41) is 0. The van der Waals surface area contributed by atoms with Crippen molar-refractivity contribution in [2.24, 2.45) is 0 Å². The normalized spacial score (nSPS) is 25.2. The van der Waals surface area contributed by atoms with Crippen LogP contribution >= 0.6 is 0 Å². The van der Waals surface area contributed by atoms with Crippen LogP contribution in [-0.4, -0.2) is 36.1 Å². The first-order chi connectivity index (χ1) is 12.2. The molecule has 2 fully saturated rings. The molecule has 2 bridgehead atoms. The lowest BCUT2D eigenvalue weighted by molar-refractivity contribution is -0.137. The Morgan fingerprint density at radius 2 is 1.56 bits per heavy atom. The molecule has 3 heteroatoms. The molecule has 0 spiro atoms. The van der Waals surface area contributed by atoms with Crippen molar-refractivity contribution in [3.63, 3.8) is 0 Å². The number of rotatable bonds is 4. The number of fused-ring (bicyclic) bond motifs is 2. The monoisotopic (exact) mass is 335 g/mol. The van der Waals surface area contributed by atoms with E-state index in [4.69, 9.17) is 4.74 Å². The Kier molecular flexibility index (Phi) is 4.58. The van der Waals surface area contributed by atoms with Gasteiger partial charge in [-0.1, -0.05) is 54.6 Å². The van der Waals surface area contributed by atoms with E-state index in [9.17, 15) is 4.79 Å². The number of hydrogen-bond acceptors (Lipinski definition) is 2. The number of amides is 1. The van der Waals surface area contributed by atoms with Crippen LogP contribution in [0.3, 0.4) is 0 Å². The number of methoxy groups -OCH3 is 1. The van der Waals surface area contributed by atoms with Gasteiger partial charge < -0.3 is 9.64 Å². The molecule has 25 heavy (non-hydrogen) atoms. The molecule has 2 unspecified atom stereocenters. The van der Waals surface area contributed by atoms with Crippen LogP contribution in [0.15, 0.2) is 54.6 Å². The fourth-order valence-corrected chi connectivity index (χ4v) is 4.44. The zero-order valence-corrected chi connectivity index (χ0v) is 14.7. The summed E-state index contributed by atoms with van der Waals surface area (Å²) >= 11 is 0. The summed E-state index contributed by atoms with van der Waals surface area (Å²) in [4.78, 5) is 15.0. The van der Waals surface area contributed by atoms with Crippen molar-refractivity contribution in [3.05, 3.63) is 60.2 Å². The highest BCUT2D eigenvalue weighted by Gasteiger charge is 2.42. The maximum Gasteiger partial charge on any atom is 0.227 e. The molecular formula is C22H25NO2. The number of piperidine rings is 1. The van der Waals surface area contributed by atoms with Crippen molar-refractivity contribution in [3.8, 4) is 11.1 Å². The Bertz CT molecular complexity index is 711. The van der Waals surface area contributed by atoms with E-state index in [0.717, 1.165) is 31.2 Å². The molecule has 0 saturated carbocycles. The number of benzene rings is 2. The van der Waals surface area contributed by atoms with Gasteiger partial charge in [-0.05, 0) is 42.4 Å². The van der Waals surface area contributed by atoms with E-state index in [2.05, 4.69) is 41.3 Å². The molecule has 2 aliphatic rings. The molecule has 0 aromatic heterocycles. The van der Waals surface area contributed by atoms with E-state index in [-0.39, 0.29) is 5.91 Å². The molecule has 2 heterocycles. The van der Waals surface area contributed by atoms with Crippen molar-refractivity contribution in [1.29, 1.82) is 0 Å². The van der Waals surface area contributed by atoms with Gasteiger partial charge in [-0.3, -0.25) is 4.79 Å². The average Bonchev–Trinajstić information content (AvgIpc) is 2.93. The summed E-state index contributed by atoms with van der Waals surface area (Å²) in [6, 6.07) is 19.5. The van der Waals surface area contributed by atoms with Crippen LogP contribution in [0, 0.1) is 0 Å². The van der Waals surface area contributed by atoms with Gasteiger partial charge in [0.25, 0.3) is 0 Å². The van der Waals surface area contributed by atoms with E-state index in [1.54, 1.807) is 7.11 Å². The second-order valence-electron chi connectivity index (χ2n) is 7.25. The molecule has 4 rings (SSSR count). The second kappa shape index (κ2) is 7.01. The van der Waals surface area contributed by atoms with Crippen LogP contribution in [0.5, 0.6) is 0 Å². The Hall–Kier alpha value is -2.13. The second-order valence-corrected chi connectivity index (χ2v) is 7.25. The van der Waals surface area contributed by atoms with E-state index in [1.807, 2.05) is 18.2 Å². The Labute approximate surface area is 149 Å². The first-order valence-corrected chi connectivity index (χ1v) is 9.23. The quantitative estimate of drug-likeness (QED) is 0.843. The topological polar surface area (TPSA) is 29.5 Å². The molecule has 2 atom stereocenters. The zero-order chi connectivity index (χ0) is 17.2. The third-order valence-electron chi connectivity index (χ3n) is 5.73. The van der Waals surface area contributed by atoms with Gasteiger partial charge in [0.1, 0.15) is 0 Å². The Morgan fingerprint density at radius 3 is 2.16 bits per heavy atom. The van der Waals surface area contributed by atoms with Gasteiger partial charge in [0.2, 0.25) is 5.91 Å². The zero-order valence-electron chi connectivity index (χ0n) is 14.7. The third-order valence-corrected chi connectivity index (χ3v) is 5.73. The number of nitrogens with zero attached hydrogens (tertiary/aromatic N) is 1. The maximum atomic E-state index is 12.9. The molecule has 3 nitrogen and oxygen atoms in total. The third kappa shape index (κ3) is 3.34. The van der Waals surface area contributed by atoms with E-state index >= 15 is 0 Å². The highest BCUT2D eigenvalue weighted by atomic mass is 16.5. The number of carbonyl (C=O) groups excluding carboxylic acids is 1. The minimum Gasteiger partial charge on any atom is -0.381 e. The van der Waals surface area contributed by atoms with Gasteiger partial charge in [-0.25, -0.2) is 0 Å². The summed E-state index contributed by atoms with van der Waals surface area (Å²) in [5.74, 6) is 0.273. The molecule has 2 aliphatic heterocycles. The van der Waals surface area contributed by atoms with Crippen molar-refractivity contribution < 1.29 is 9.53 Å². The largest absolute Gasteiger partial charge is 0.381 e. The van der Waals surface area contributed by atoms with E-state index in [1.165, 1.54) is 11.1 Å². The van der Waals surface area contributed by atoms with Crippen molar-refractivity contribution >= 4 is 5.91 Å². The van der Waals surface area contributed by atoms with Crippen molar-refractivity contribution in [1.82, 2.24) is 4.90 Å². The number of hydrogen-bond donors (Lipinski definition) is 0. The first-order valence-electron chi connectivity index (χ1n) is 9.23. The molecule has 0 N–H and O–H groups in total. The van der Waals surface area contributed by atoms with Crippen LogP contribution in [-0.2, 0) is 16.0 Å². The predicted octanol–water partition coefficient (Wildman–Crippen LogP) is 4.06. The van der Waals surface area contributed by atoms with Gasteiger partial charge in [-0.15, -0.1) is 0 Å². The van der Waals surface area contributed by atoms with Crippen LogP contribution in [0.25, 0.3) is 11.1 Å². The van der Waals surface area contributed by atoms with Crippen molar-refractivity contribution in [2.75, 3.05) is 7.11 Å². The Morgan fingerprint density at radius 1 is 0.960 bits per heavy atom. The van der Waals surface area contributed by atoms with Crippen LogP contribution in [0.4, 0.5) is 0 Å². The number of carbonyl (C=O) groups is 1. The summed E-state index contributed by atoms with van der Waals surface area (Å²) in [6.07, 6.45) is 5.07. The van der Waals surface area contributed by atoms with Gasteiger partial charge in [0.05, 0.1) is 12.5 Å². The standard InChI is InChI=1S/C22H25NO2/c1-25-21-14-19-11-12-20(15-21)23(19)22(24)13-16-7-9-18(10-8-16)17-5-3-2-4-6-17/h2-10,19-21H,11-15H2,1H3. The lowest BCUT2D eigenvalue weighted by Gasteiger charge is -2.38. The first kappa shape index (κ1) is 16.3. The van der Waals surface area contributed by atoms with Gasteiger partial charge >= 0.3 is 0 Å². The lowest BCUT2D eigenvalue weighted by atomic mass is 9.98. The van der Waals surface area contributed by atoms with Crippen molar-refractivity contribution in [2.45, 2.75) is 50.3 Å². The molecule has 130 valence electrons. The van der Waals surface area contributed by atoms with Gasteiger partial charge in [0, 0.05) is 19.2 Å². The van der Waals surface area contributed by atoms with Crippen LogP contribution < -0.4 is 0 Å². The minimum absolute atomic E-state index is 0.273. The van der Waals surface area contributed by atoms with E-state index in [0.29, 0.717) is 24.6 Å². The molecule has 2 aromatic rings. The molecule has 1 amide bonds. The molecule has 2 saturated heterocycles. The fraction of sp³-hybridized carbons (Fsp3) is 0.409. The number of ether oxygens (including phenoxy) is 1. The van der Waals surface area contributed by atoms with E-state index < -0.39 is 0 Å². The SMILES string of the molecule is COC1CC2CCC(C1)N2C(=O)Cc1ccc(-c2ccccc2)cc1. The summed E-state index contributed by atoms with van der Waals surface area (Å²) < 4.78 is 5.54.